The Bertz CT molecular complexity index is 572. The molecule has 0 amide bonds. The summed E-state index contributed by atoms with van der Waals surface area (Å²) in [6.45, 7) is 5.34. The van der Waals surface area contributed by atoms with Gasteiger partial charge in [-0.25, -0.2) is 4.98 Å². The van der Waals surface area contributed by atoms with Gasteiger partial charge in [0, 0.05) is 16.4 Å². The smallest absolute Gasteiger partial charge is 0.0971 e. The predicted octanol–water partition coefficient (Wildman–Crippen LogP) is 3.82. The fourth-order valence-corrected chi connectivity index (χ4v) is 3.94. The number of aromatic nitrogens is 1. The van der Waals surface area contributed by atoms with Crippen molar-refractivity contribution in [2.24, 2.45) is 11.1 Å². The van der Waals surface area contributed by atoms with E-state index in [1.54, 1.807) is 0 Å². The van der Waals surface area contributed by atoms with Gasteiger partial charge in [0.25, 0.3) is 0 Å². The van der Waals surface area contributed by atoms with Crippen LogP contribution in [-0.2, 0) is 6.42 Å². The maximum atomic E-state index is 5.74. The molecular weight excluding hydrogens is 252 g/mol. The Morgan fingerprint density at radius 1 is 1.32 bits per heavy atom. The first-order valence-corrected chi connectivity index (χ1v) is 7.68. The van der Waals surface area contributed by atoms with E-state index < -0.39 is 0 Å². The Balaban J connectivity index is 1.99. The number of hydrogen-bond donors (Lipinski definition) is 1. The minimum Gasteiger partial charge on any atom is -0.330 e. The summed E-state index contributed by atoms with van der Waals surface area (Å²) in [5.74, 6) is 0.645. The molecule has 0 bridgehead atoms. The second kappa shape index (κ2) is 4.73. The summed E-state index contributed by atoms with van der Waals surface area (Å²) in [5.41, 5.74) is 8.54. The quantitative estimate of drug-likeness (QED) is 0.918. The number of nitrogens with two attached hydrogens (primary N) is 1. The Labute approximate surface area is 118 Å². The van der Waals surface area contributed by atoms with Crippen LogP contribution in [0.2, 0.25) is 0 Å². The highest BCUT2D eigenvalue weighted by molar-refractivity contribution is 7.12. The van der Waals surface area contributed by atoms with Gasteiger partial charge in [0.15, 0.2) is 0 Å². The Hall–Kier alpha value is -1.19. The van der Waals surface area contributed by atoms with E-state index in [9.17, 15) is 0 Å². The molecule has 19 heavy (non-hydrogen) atoms. The number of hydrogen-bond acceptors (Lipinski definition) is 3. The zero-order chi connectivity index (χ0) is 13.5. The minimum absolute atomic E-state index is 0.436. The van der Waals surface area contributed by atoms with Gasteiger partial charge < -0.3 is 5.73 Å². The van der Waals surface area contributed by atoms with Crippen LogP contribution in [0.4, 0.5) is 0 Å². The number of nitrogens with zero attached hydrogens (tertiary/aromatic N) is 1. The van der Waals surface area contributed by atoms with Crippen LogP contribution in [0.15, 0.2) is 30.3 Å². The number of thiazole rings is 1. The monoisotopic (exact) mass is 272 g/mol. The summed E-state index contributed by atoms with van der Waals surface area (Å²) in [5, 5.41) is 1.30. The van der Waals surface area contributed by atoms with Crippen molar-refractivity contribution in [3.05, 3.63) is 40.2 Å². The van der Waals surface area contributed by atoms with Crippen molar-refractivity contribution in [1.82, 2.24) is 4.98 Å². The highest BCUT2D eigenvalue weighted by Gasteiger charge is 2.48. The molecule has 3 heteroatoms. The second-order valence-corrected chi connectivity index (χ2v) is 7.09. The van der Waals surface area contributed by atoms with Crippen molar-refractivity contribution in [1.29, 1.82) is 0 Å². The van der Waals surface area contributed by atoms with Crippen LogP contribution in [-0.4, -0.2) is 11.5 Å². The maximum absolute atomic E-state index is 5.74. The van der Waals surface area contributed by atoms with Crippen molar-refractivity contribution in [3.8, 4) is 11.3 Å². The molecule has 2 N–H and O–H groups in total. The molecule has 0 radical (unpaired) electrons. The van der Waals surface area contributed by atoms with Crippen molar-refractivity contribution in [2.45, 2.75) is 32.6 Å². The van der Waals surface area contributed by atoms with Gasteiger partial charge in [-0.05, 0) is 24.8 Å². The molecule has 2 aromatic rings. The van der Waals surface area contributed by atoms with E-state index in [1.807, 2.05) is 17.4 Å². The molecular formula is C16H20N2S. The lowest BCUT2D eigenvalue weighted by Gasteiger charge is -2.00. The fourth-order valence-electron chi connectivity index (χ4n) is 2.53. The van der Waals surface area contributed by atoms with E-state index in [1.165, 1.54) is 21.9 Å². The van der Waals surface area contributed by atoms with Crippen LogP contribution in [0.3, 0.4) is 0 Å². The molecule has 1 aromatic heterocycles. The maximum Gasteiger partial charge on any atom is 0.0971 e. The van der Waals surface area contributed by atoms with Gasteiger partial charge in [0.2, 0.25) is 0 Å². The lowest BCUT2D eigenvalue weighted by Crippen LogP contribution is -2.02. The molecule has 1 aliphatic rings. The summed E-state index contributed by atoms with van der Waals surface area (Å²) in [6, 6.07) is 10.5. The molecule has 1 atom stereocenters. The normalized spacial score (nSPS) is 20.5. The molecule has 1 saturated carbocycles. The summed E-state index contributed by atoms with van der Waals surface area (Å²) >= 11 is 1.86. The second-order valence-electron chi connectivity index (χ2n) is 5.97. The Kier molecular flexibility index (Phi) is 3.19. The summed E-state index contributed by atoms with van der Waals surface area (Å²) in [7, 11) is 0. The molecule has 1 unspecified atom stereocenters. The Morgan fingerprint density at radius 3 is 2.58 bits per heavy atom. The first-order valence-electron chi connectivity index (χ1n) is 6.87. The molecule has 3 rings (SSSR count). The van der Waals surface area contributed by atoms with Crippen LogP contribution >= 0.6 is 11.3 Å². The fraction of sp³-hybridized carbons (Fsp3) is 0.438. The van der Waals surface area contributed by atoms with E-state index in [0.29, 0.717) is 17.9 Å². The van der Waals surface area contributed by atoms with Gasteiger partial charge in [-0.15, -0.1) is 11.3 Å². The van der Waals surface area contributed by atoms with E-state index in [2.05, 4.69) is 38.1 Å². The zero-order valence-electron chi connectivity index (χ0n) is 11.5. The average Bonchev–Trinajstić information content (AvgIpc) is 2.86. The van der Waals surface area contributed by atoms with Crippen LogP contribution in [0, 0.1) is 5.41 Å². The van der Waals surface area contributed by atoms with E-state index in [-0.39, 0.29) is 0 Å². The highest BCUT2D eigenvalue weighted by Crippen LogP contribution is 2.59. The van der Waals surface area contributed by atoms with Crippen molar-refractivity contribution < 1.29 is 0 Å². The molecule has 1 aliphatic carbocycles. The van der Waals surface area contributed by atoms with Gasteiger partial charge in [-0.2, -0.15) is 0 Å². The first-order chi connectivity index (χ1) is 9.12. The largest absolute Gasteiger partial charge is 0.330 e. The van der Waals surface area contributed by atoms with Crippen LogP contribution in [0.5, 0.6) is 0 Å². The summed E-state index contributed by atoms with van der Waals surface area (Å²) < 4.78 is 0. The third kappa shape index (κ3) is 2.45. The molecule has 100 valence electrons. The van der Waals surface area contributed by atoms with Crippen LogP contribution < -0.4 is 5.73 Å². The lowest BCUT2D eigenvalue weighted by atomic mass is 10.1. The average molecular weight is 272 g/mol. The first kappa shape index (κ1) is 12.8. The molecule has 0 saturated heterocycles. The van der Waals surface area contributed by atoms with Crippen molar-refractivity contribution in [3.63, 3.8) is 0 Å². The van der Waals surface area contributed by atoms with Gasteiger partial charge >= 0.3 is 0 Å². The van der Waals surface area contributed by atoms with E-state index in [0.717, 1.165) is 12.1 Å². The van der Waals surface area contributed by atoms with Gasteiger partial charge in [0.05, 0.1) is 10.7 Å². The van der Waals surface area contributed by atoms with Gasteiger partial charge in [0.1, 0.15) is 0 Å². The lowest BCUT2D eigenvalue weighted by molar-refractivity contribution is 0.620. The van der Waals surface area contributed by atoms with E-state index in [4.69, 9.17) is 10.7 Å². The topological polar surface area (TPSA) is 38.9 Å². The summed E-state index contributed by atoms with van der Waals surface area (Å²) in [4.78, 5) is 6.26. The van der Waals surface area contributed by atoms with Crippen LogP contribution in [0.25, 0.3) is 11.3 Å². The molecule has 0 spiro atoms. The molecule has 2 nitrogen and oxygen atoms in total. The van der Waals surface area contributed by atoms with Gasteiger partial charge in [-0.1, -0.05) is 44.2 Å². The third-order valence-corrected chi connectivity index (χ3v) is 5.17. The Morgan fingerprint density at radius 2 is 2.00 bits per heavy atom. The SMILES string of the molecule is CC1(C)CC1c1nc(-c2ccccc2)c(CCN)s1. The predicted molar refractivity (Wildman–Crippen MR) is 81.4 cm³/mol. The molecule has 0 aliphatic heterocycles. The standard InChI is InChI=1S/C16H20N2S/c1-16(2)10-12(16)15-18-14(13(19-15)8-9-17)11-6-4-3-5-7-11/h3-7,12H,8-10,17H2,1-2H3. The highest BCUT2D eigenvalue weighted by atomic mass is 32.1. The number of benzene rings is 1. The van der Waals surface area contributed by atoms with Gasteiger partial charge in [-0.3, -0.25) is 0 Å². The zero-order valence-corrected chi connectivity index (χ0v) is 12.3. The van der Waals surface area contributed by atoms with Crippen LogP contribution in [0.1, 0.15) is 36.1 Å². The number of rotatable bonds is 4. The molecule has 1 aromatic carbocycles. The van der Waals surface area contributed by atoms with Crippen molar-refractivity contribution in [2.75, 3.05) is 6.54 Å². The van der Waals surface area contributed by atoms with Crippen molar-refractivity contribution >= 4 is 11.3 Å². The minimum atomic E-state index is 0.436. The molecule has 1 fully saturated rings. The van der Waals surface area contributed by atoms with E-state index >= 15 is 0 Å². The summed E-state index contributed by atoms with van der Waals surface area (Å²) in [6.07, 6.45) is 2.19. The molecule has 1 heterocycles. The third-order valence-electron chi connectivity index (χ3n) is 3.94.